The third-order valence-corrected chi connectivity index (χ3v) is 4.37. The van der Waals surface area contributed by atoms with Crippen LogP contribution in [0.3, 0.4) is 0 Å². The Labute approximate surface area is 127 Å². The molecule has 0 aliphatic carbocycles. The van der Waals surface area contributed by atoms with Crippen LogP contribution in [0.15, 0.2) is 22.7 Å². The van der Waals surface area contributed by atoms with E-state index in [4.69, 9.17) is 0 Å². The fourth-order valence-corrected chi connectivity index (χ4v) is 2.97. The minimum absolute atomic E-state index is 0.00539. The molecule has 1 saturated heterocycles. The van der Waals surface area contributed by atoms with Crippen molar-refractivity contribution in [1.29, 1.82) is 0 Å². The molecule has 4 nitrogen and oxygen atoms in total. The average Bonchev–Trinajstić information content (AvgIpc) is 2.48. The molecule has 0 radical (unpaired) electrons. The summed E-state index contributed by atoms with van der Waals surface area (Å²) in [5, 5.41) is 2.67. The fraction of sp³-hybridized carbons (Fsp3) is 0.467. The third-order valence-electron chi connectivity index (χ3n) is 3.68. The Kier molecular flexibility index (Phi) is 4.81. The zero-order valence-corrected chi connectivity index (χ0v) is 13.4. The number of rotatable bonds is 2. The molecule has 108 valence electrons. The number of amides is 2. The summed E-state index contributed by atoms with van der Waals surface area (Å²) in [4.78, 5) is 26.1. The number of hydrogen-bond donors (Lipinski definition) is 1. The first kappa shape index (κ1) is 15.0. The summed E-state index contributed by atoms with van der Waals surface area (Å²) in [5.41, 5.74) is 1.72. The zero-order valence-electron chi connectivity index (χ0n) is 11.8. The van der Waals surface area contributed by atoms with E-state index in [9.17, 15) is 9.59 Å². The molecule has 2 amide bonds. The maximum absolute atomic E-state index is 12.6. The maximum Gasteiger partial charge on any atom is 0.255 e. The van der Waals surface area contributed by atoms with E-state index in [2.05, 4.69) is 21.2 Å². The molecular weight excluding hydrogens is 320 g/mol. The van der Waals surface area contributed by atoms with Gasteiger partial charge in [0.05, 0.1) is 11.5 Å². The molecule has 1 aromatic carbocycles. The molecule has 0 bridgehead atoms. The van der Waals surface area contributed by atoms with Crippen LogP contribution in [0.5, 0.6) is 0 Å². The number of nitrogens with one attached hydrogen (secondary N) is 1. The van der Waals surface area contributed by atoms with Gasteiger partial charge in [-0.25, -0.2) is 0 Å². The van der Waals surface area contributed by atoms with Crippen LogP contribution in [0.4, 0.5) is 0 Å². The second kappa shape index (κ2) is 6.39. The highest BCUT2D eigenvalue weighted by atomic mass is 79.9. The van der Waals surface area contributed by atoms with Crippen molar-refractivity contribution in [1.82, 2.24) is 10.2 Å². The molecule has 1 atom stereocenters. The van der Waals surface area contributed by atoms with Crippen LogP contribution < -0.4 is 5.32 Å². The molecule has 2 rings (SSSR count). The Bertz CT molecular complexity index is 531. The van der Waals surface area contributed by atoms with Gasteiger partial charge in [0.25, 0.3) is 5.91 Å². The third kappa shape index (κ3) is 3.20. The van der Waals surface area contributed by atoms with E-state index in [1.807, 2.05) is 25.1 Å². The molecule has 0 spiro atoms. The molecule has 1 unspecified atom stereocenters. The van der Waals surface area contributed by atoms with E-state index in [0.29, 0.717) is 18.7 Å². The van der Waals surface area contributed by atoms with Crippen molar-refractivity contribution in [2.75, 3.05) is 20.1 Å². The molecule has 1 aromatic rings. The predicted octanol–water partition coefficient (Wildman–Crippen LogP) is 2.36. The minimum atomic E-state index is -0.0960. The lowest BCUT2D eigenvalue weighted by Crippen LogP contribution is -2.44. The number of benzene rings is 1. The smallest absolute Gasteiger partial charge is 0.255 e. The summed E-state index contributed by atoms with van der Waals surface area (Å²) in [6, 6.07) is 5.74. The highest BCUT2D eigenvalue weighted by Crippen LogP contribution is 2.23. The van der Waals surface area contributed by atoms with E-state index in [0.717, 1.165) is 22.9 Å². The first-order valence-electron chi connectivity index (χ1n) is 6.80. The van der Waals surface area contributed by atoms with Gasteiger partial charge in [-0.1, -0.05) is 11.6 Å². The summed E-state index contributed by atoms with van der Waals surface area (Å²) in [7, 11) is 1.64. The second-order valence-electron chi connectivity index (χ2n) is 5.19. The highest BCUT2D eigenvalue weighted by Gasteiger charge is 2.29. The number of aryl methyl sites for hydroxylation is 1. The quantitative estimate of drug-likeness (QED) is 0.899. The lowest BCUT2D eigenvalue weighted by Gasteiger charge is -2.32. The summed E-state index contributed by atoms with van der Waals surface area (Å²) in [5.74, 6) is -0.0822. The van der Waals surface area contributed by atoms with Crippen molar-refractivity contribution in [2.24, 2.45) is 5.92 Å². The van der Waals surface area contributed by atoms with Gasteiger partial charge in [-0.3, -0.25) is 9.59 Å². The van der Waals surface area contributed by atoms with Crippen LogP contribution in [0, 0.1) is 12.8 Å². The number of halogens is 1. The fourth-order valence-electron chi connectivity index (χ4n) is 2.55. The van der Waals surface area contributed by atoms with Crippen LogP contribution in [-0.4, -0.2) is 36.9 Å². The molecule has 0 saturated carbocycles. The largest absolute Gasteiger partial charge is 0.359 e. The van der Waals surface area contributed by atoms with E-state index in [-0.39, 0.29) is 17.7 Å². The lowest BCUT2D eigenvalue weighted by atomic mass is 9.96. The molecule has 1 aliphatic rings. The molecule has 1 aliphatic heterocycles. The molecule has 0 aromatic heterocycles. The van der Waals surface area contributed by atoms with Gasteiger partial charge in [0.15, 0.2) is 0 Å². The lowest BCUT2D eigenvalue weighted by molar-refractivity contribution is -0.125. The number of carbonyl (C=O) groups excluding carboxylic acids is 2. The van der Waals surface area contributed by atoms with E-state index in [1.54, 1.807) is 11.9 Å². The van der Waals surface area contributed by atoms with Crippen LogP contribution in [0.25, 0.3) is 0 Å². The first-order chi connectivity index (χ1) is 9.52. The van der Waals surface area contributed by atoms with Gasteiger partial charge < -0.3 is 10.2 Å². The molecule has 1 fully saturated rings. The predicted molar refractivity (Wildman–Crippen MR) is 81.6 cm³/mol. The Hall–Kier alpha value is -1.36. The van der Waals surface area contributed by atoms with Gasteiger partial charge in [-0.05, 0) is 47.8 Å². The summed E-state index contributed by atoms with van der Waals surface area (Å²) < 4.78 is 0.801. The SMILES string of the molecule is CNC(=O)C1CCCN(C(=O)c2cc(C)ccc2Br)C1. The van der Waals surface area contributed by atoms with Crippen molar-refractivity contribution >= 4 is 27.7 Å². The number of likely N-dealkylation sites (tertiary alicyclic amines) is 1. The molecule has 5 heteroatoms. The van der Waals surface area contributed by atoms with Crippen LogP contribution >= 0.6 is 15.9 Å². The molecule has 20 heavy (non-hydrogen) atoms. The zero-order chi connectivity index (χ0) is 14.7. The summed E-state index contributed by atoms with van der Waals surface area (Å²) in [6.07, 6.45) is 1.71. The van der Waals surface area contributed by atoms with Crippen molar-refractivity contribution in [2.45, 2.75) is 19.8 Å². The highest BCUT2D eigenvalue weighted by molar-refractivity contribution is 9.10. The van der Waals surface area contributed by atoms with Crippen molar-refractivity contribution in [3.8, 4) is 0 Å². The number of hydrogen-bond acceptors (Lipinski definition) is 2. The van der Waals surface area contributed by atoms with Gasteiger partial charge in [-0.2, -0.15) is 0 Å². The van der Waals surface area contributed by atoms with Gasteiger partial charge >= 0.3 is 0 Å². The molecular formula is C15H19BrN2O2. The standard InChI is InChI=1S/C15H19BrN2O2/c1-10-5-6-13(16)12(8-10)15(20)18-7-3-4-11(9-18)14(19)17-2/h5-6,8,11H,3-4,7,9H2,1-2H3,(H,17,19). The van der Waals surface area contributed by atoms with Gasteiger partial charge in [0.1, 0.15) is 0 Å². The minimum Gasteiger partial charge on any atom is -0.359 e. The van der Waals surface area contributed by atoms with Crippen LogP contribution in [0.2, 0.25) is 0 Å². The number of carbonyl (C=O) groups is 2. The Morgan fingerprint density at radius 1 is 1.40 bits per heavy atom. The van der Waals surface area contributed by atoms with Crippen molar-refractivity contribution in [3.05, 3.63) is 33.8 Å². The summed E-state index contributed by atoms with van der Waals surface area (Å²) in [6.45, 7) is 3.18. The van der Waals surface area contributed by atoms with E-state index < -0.39 is 0 Å². The average molecular weight is 339 g/mol. The maximum atomic E-state index is 12.6. The Morgan fingerprint density at radius 3 is 2.85 bits per heavy atom. The number of piperidine rings is 1. The van der Waals surface area contributed by atoms with Crippen molar-refractivity contribution in [3.63, 3.8) is 0 Å². The van der Waals surface area contributed by atoms with Crippen molar-refractivity contribution < 1.29 is 9.59 Å². The topological polar surface area (TPSA) is 49.4 Å². The van der Waals surface area contributed by atoms with Crippen LogP contribution in [-0.2, 0) is 4.79 Å². The number of nitrogens with zero attached hydrogens (tertiary/aromatic N) is 1. The van der Waals surface area contributed by atoms with Gasteiger partial charge in [-0.15, -0.1) is 0 Å². The van der Waals surface area contributed by atoms with E-state index >= 15 is 0 Å². The monoisotopic (exact) mass is 338 g/mol. The van der Waals surface area contributed by atoms with E-state index in [1.165, 1.54) is 0 Å². The molecule has 1 heterocycles. The second-order valence-corrected chi connectivity index (χ2v) is 6.04. The van der Waals surface area contributed by atoms with Gasteiger partial charge in [0, 0.05) is 24.6 Å². The summed E-state index contributed by atoms with van der Waals surface area (Å²) >= 11 is 3.43. The normalized spacial score (nSPS) is 18.8. The van der Waals surface area contributed by atoms with Crippen LogP contribution in [0.1, 0.15) is 28.8 Å². The Balaban J connectivity index is 2.16. The van der Waals surface area contributed by atoms with Gasteiger partial charge in [0.2, 0.25) is 5.91 Å². The Morgan fingerprint density at radius 2 is 2.15 bits per heavy atom. The molecule has 1 N–H and O–H groups in total. The first-order valence-corrected chi connectivity index (χ1v) is 7.59.